The van der Waals surface area contributed by atoms with Gasteiger partial charge in [-0.2, -0.15) is 5.26 Å². The number of nitriles is 1. The highest BCUT2D eigenvalue weighted by molar-refractivity contribution is 7.19. The Hall–Kier alpha value is -3.70. The lowest BCUT2D eigenvalue weighted by molar-refractivity contribution is -0.384. The molecule has 0 radical (unpaired) electrons. The van der Waals surface area contributed by atoms with Gasteiger partial charge in [0.15, 0.2) is 0 Å². The molecule has 0 fully saturated rings. The fraction of sp³-hybridized carbons (Fsp3) is 0. The van der Waals surface area contributed by atoms with Crippen LogP contribution in [0.1, 0.15) is 20.8 Å². The molecule has 8 heteroatoms. The second-order valence-electron chi connectivity index (χ2n) is 5.29. The number of carbonyl (C=O) groups excluding carboxylic acids is 1. The molecule has 0 aliphatic heterocycles. The van der Waals surface area contributed by atoms with E-state index in [4.69, 9.17) is 5.73 Å². The summed E-state index contributed by atoms with van der Waals surface area (Å²) in [5.41, 5.74) is 7.05. The van der Waals surface area contributed by atoms with Gasteiger partial charge in [0.1, 0.15) is 21.5 Å². The summed E-state index contributed by atoms with van der Waals surface area (Å²) < 4.78 is 0. The lowest BCUT2D eigenvalue weighted by atomic mass is 10.1. The van der Waals surface area contributed by atoms with Crippen molar-refractivity contribution in [1.29, 1.82) is 5.26 Å². The van der Waals surface area contributed by atoms with Crippen LogP contribution in [0.25, 0.3) is 0 Å². The van der Waals surface area contributed by atoms with Gasteiger partial charge in [-0.15, -0.1) is 11.3 Å². The van der Waals surface area contributed by atoms with Gasteiger partial charge >= 0.3 is 0 Å². The lowest BCUT2D eigenvalue weighted by Crippen LogP contribution is -2.02. The number of thiophene rings is 1. The maximum atomic E-state index is 12.6. The van der Waals surface area contributed by atoms with E-state index < -0.39 is 4.92 Å². The molecule has 3 aromatic rings. The van der Waals surface area contributed by atoms with Gasteiger partial charge in [-0.25, -0.2) is 0 Å². The van der Waals surface area contributed by atoms with E-state index in [1.54, 1.807) is 36.4 Å². The van der Waals surface area contributed by atoms with E-state index in [1.807, 2.05) is 6.07 Å². The van der Waals surface area contributed by atoms with Gasteiger partial charge in [0.25, 0.3) is 5.69 Å². The first kappa shape index (κ1) is 17.1. The summed E-state index contributed by atoms with van der Waals surface area (Å²) in [5.74, 6) is -0.281. The SMILES string of the molecule is N#Cc1c(Nc2cccc([N+](=O)[O-])c2)sc(C(=O)c2ccccc2)c1N. The van der Waals surface area contributed by atoms with Crippen molar-refractivity contribution >= 4 is 39.2 Å². The van der Waals surface area contributed by atoms with Crippen LogP contribution in [0.4, 0.5) is 22.1 Å². The molecule has 3 rings (SSSR count). The molecule has 2 aromatic carbocycles. The van der Waals surface area contributed by atoms with Crippen LogP contribution in [-0.4, -0.2) is 10.7 Å². The normalized spacial score (nSPS) is 10.1. The molecule has 0 atom stereocenters. The quantitative estimate of drug-likeness (QED) is 0.399. The molecule has 7 nitrogen and oxygen atoms in total. The smallest absolute Gasteiger partial charge is 0.271 e. The molecule has 26 heavy (non-hydrogen) atoms. The third-order valence-corrected chi connectivity index (χ3v) is 4.73. The van der Waals surface area contributed by atoms with Crippen LogP contribution >= 0.6 is 11.3 Å². The number of nitro benzene ring substituents is 1. The molecule has 1 heterocycles. The van der Waals surface area contributed by atoms with E-state index in [9.17, 15) is 20.2 Å². The van der Waals surface area contributed by atoms with Crippen molar-refractivity contribution in [2.45, 2.75) is 0 Å². The third-order valence-electron chi connectivity index (χ3n) is 3.61. The first-order chi connectivity index (χ1) is 12.5. The fourth-order valence-corrected chi connectivity index (χ4v) is 3.41. The van der Waals surface area contributed by atoms with Gasteiger partial charge in [0.2, 0.25) is 5.78 Å². The number of nitro groups is 1. The Kier molecular flexibility index (Phi) is 4.64. The zero-order valence-corrected chi connectivity index (χ0v) is 14.1. The average molecular weight is 364 g/mol. The molecule has 0 unspecified atom stereocenters. The zero-order chi connectivity index (χ0) is 18.7. The highest BCUT2D eigenvalue weighted by Gasteiger charge is 2.22. The number of carbonyl (C=O) groups is 1. The van der Waals surface area contributed by atoms with Crippen molar-refractivity contribution < 1.29 is 9.72 Å². The summed E-state index contributed by atoms with van der Waals surface area (Å²) in [6, 6.07) is 16.5. The molecular weight excluding hydrogens is 352 g/mol. The van der Waals surface area contributed by atoms with Gasteiger partial charge in [0, 0.05) is 23.4 Å². The molecule has 0 bridgehead atoms. The van der Waals surface area contributed by atoms with Crippen molar-refractivity contribution in [2.75, 3.05) is 11.1 Å². The van der Waals surface area contributed by atoms with Crippen molar-refractivity contribution in [2.24, 2.45) is 0 Å². The Morgan fingerprint density at radius 3 is 2.58 bits per heavy atom. The predicted octanol–water partition coefficient (Wildman–Crippen LogP) is 4.08. The Morgan fingerprint density at radius 2 is 1.92 bits per heavy atom. The number of anilines is 3. The second-order valence-corrected chi connectivity index (χ2v) is 6.31. The lowest BCUT2D eigenvalue weighted by Gasteiger charge is -2.03. The van der Waals surface area contributed by atoms with Crippen LogP contribution in [0.3, 0.4) is 0 Å². The van der Waals surface area contributed by atoms with Gasteiger partial charge in [-0.1, -0.05) is 36.4 Å². The minimum Gasteiger partial charge on any atom is -0.396 e. The number of hydrogen-bond acceptors (Lipinski definition) is 7. The number of nitrogen functional groups attached to an aromatic ring is 1. The molecule has 0 aliphatic rings. The summed E-state index contributed by atoms with van der Waals surface area (Å²) >= 11 is 1.04. The number of nitrogens with one attached hydrogen (secondary N) is 1. The topological polar surface area (TPSA) is 122 Å². The average Bonchev–Trinajstić information content (AvgIpc) is 2.97. The molecule has 0 amide bonds. The Bertz CT molecular complexity index is 1040. The summed E-state index contributed by atoms with van der Waals surface area (Å²) in [6.07, 6.45) is 0. The molecule has 0 saturated carbocycles. The molecule has 128 valence electrons. The maximum absolute atomic E-state index is 12.6. The molecule has 3 N–H and O–H groups in total. The van der Waals surface area contributed by atoms with Crippen molar-refractivity contribution in [3.8, 4) is 6.07 Å². The number of nitrogens with zero attached hydrogens (tertiary/aromatic N) is 2. The van der Waals surface area contributed by atoms with E-state index in [-0.39, 0.29) is 27.6 Å². The first-order valence-electron chi connectivity index (χ1n) is 7.45. The van der Waals surface area contributed by atoms with E-state index >= 15 is 0 Å². The number of benzene rings is 2. The molecular formula is C18H12N4O3S. The van der Waals surface area contributed by atoms with Gasteiger partial charge < -0.3 is 11.1 Å². The van der Waals surface area contributed by atoms with Crippen molar-refractivity contribution in [3.63, 3.8) is 0 Å². The predicted molar refractivity (Wildman–Crippen MR) is 99.7 cm³/mol. The Labute approximate surface area is 152 Å². The highest BCUT2D eigenvalue weighted by atomic mass is 32.1. The van der Waals surface area contributed by atoms with Crippen molar-refractivity contribution in [1.82, 2.24) is 0 Å². The minimum absolute atomic E-state index is 0.0846. The second kappa shape index (κ2) is 7.04. The van der Waals surface area contributed by atoms with Crippen LogP contribution in [0, 0.1) is 21.4 Å². The largest absolute Gasteiger partial charge is 0.396 e. The molecule has 0 saturated heterocycles. The monoisotopic (exact) mass is 364 g/mol. The van der Waals surface area contributed by atoms with Crippen molar-refractivity contribution in [3.05, 3.63) is 80.7 Å². The Morgan fingerprint density at radius 1 is 1.19 bits per heavy atom. The third kappa shape index (κ3) is 3.24. The van der Waals surface area contributed by atoms with Crippen LogP contribution in [0.2, 0.25) is 0 Å². The molecule has 1 aromatic heterocycles. The summed E-state index contributed by atoms with van der Waals surface area (Å²) in [4.78, 5) is 23.3. The van der Waals surface area contributed by atoms with Crippen LogP contribution in [0.15, 0.2) is 54.6 Å². The molecule has 0 aliphatic carbocycles. The standard InChI is InChI=1S/C18H12N4O3S/c19-10-14-15(20)17(16(23)11-5-2-1-3-6-11)26-18(14)21-12-7-4-8-13(9-12)22(24)25/h1-9,21H,20H2. The van der Waals surface area contributed by atoms with E-state index in [0.29, 0.717) is 16.3 Å². The summed E-state index contributed by atoms with van der Waals surface area (Å²) in [6.45, 7) is 0. The fourth-order valence-electron chi connectivity index (χ4n) is 2.36. The van der Waals surface area contributed by atoms with Gasteiger partial charge in [-0.3, -0.25) is 14.9 Å². The van der Waals surface area contributed by atoms with E-state index in [2.05, 4.69) is 5.32 Å². The first-order valence-corrected chi connectivity index (χ1v) is 8.26. The van der Waals surface area contributed by atoms with Gasteiger partial charge in [-0.05, 0) is 6.07 Å². The zero-order valence-electron chi connectivity index (χ0n) is 13.3. The minimum atomic E-state index is -0.510. The summed E-state index contributed by atoms with van der Waals surface area (Å²) in [5, 5.41) is 23.6. The van der Waals surface area contributed by atoms with E-state index in [0.717, 1.165) is 11.3 Å². The van der Waals surface area contributed by atoms with Crippen LogP contribution < -0.4 is 11.1 Å². The van der Waals surface area contributed by atoms with Gasteiger partial charge in [0.05, 0.1) is 10.6 Å². The summed E-state index contributed by atoms with van der Waals surface area (Å²) in [7, 11) is 0. The molecule has 0 spiro atoms. The highest BCUT2D eigenvalue weighted by Crippen LogP contribution is 2.38. The number of non-ortho nitro benzene ring substituents is 1. The van der Waals surface area contributed by atoms with Crippen LogP contribution in [0.5, 0.6) is 0 Å². The number of nitrogens with two attached hydrogens (primary N) is 1. The number of rotatable bonds is 5. The van der Waals surface area contributed by atoms with E-state index in [1.165, 1.54) is 18.2 Å². The van der Waals surface area contributed by atoms with Crippen LogP contribution in [-0.2, 0) is 0 Å². The maximum Gasteiger partial charge on any atom is 0.271 e. The Balaban J connectivity index is 1.99. The number of hydrogen-bond donors (Lipinski definition) is 2. The number of ketones is 1.